The van der Waals surface area contributed by atoms with Crippen LogP contribution in [0.4, 0.5) is 0 Å². The number of piperazine rings is 1. The Kier molecular flexibility index (Phi) is 4.73. The van der Waals surface area contributed by atoms with Crippen LogP contribution >= 0.6 is 0 Å². The standard InChI is InChI=1S/C23H26N2O4/c1-23(2)14-25-20(18-7-5-6-8-19(18)23)12-24(13-21(25)26)22(27)15-9-16(28-3)11-17(10-15)29-4/h5-11,20H,12-14H2,1-4H3. The van der Waals surface area contributed by atoms with Crippen molar-refractivity contribution in [1.82, 2.24) is 9.80 Å². The zero-order chi connectivity index (χ0) is 20.8. The van der Waals surface area contributed by atoms with Gasteiger partial charge >= 0.3 is 0 Å². The van der Waals surface area contributed by atoms with Crippen LogP contribution in [0.1, 0.15) is 41.4 Å². The Morgan fingerprint density at radius 1 is 1.07 bits per heavy atom. The van der Waals surface area contributed by atoms with Crippen LogP contribution in [0.25, 0.3) is 0 Å². The van der Waals surface area contributed by atoms with E-state index >= 15 is 0 Å². The molecule has 4 rings (SSSR count). The maximum absolute atomic E-state index is 13.2. The molecule has 1 saturated heterocycles. The first-order valence-corrected chi connectivity index (χ1v) is 9.75. The molecule has 1 unspecified atom stereocenters. The molecule has 0 aliphatic carbocycles. The Labute approximate surface area is 171 Å². The summed E-state index contributed by atoms with van der Waals surface area (Å²) in [4.78, 5) is 29.8. The minimum atomic E-state index is -0.197. The molecule has 2 aromatic carbocycles. The third-order valence-corrected chi connectivity index (χ3v) is 5.92. The van der Waals surface area contributed by atoms with Gasteiger partial charge in [0.25, 0.3) is 5.91 Å². The SMILES string of the molecule is COc1cc(OC)cc(C(=O)N2CC(=O)N3CC(C)(C)c4ccccc4C3C2)c1. The van der Waals surface area contributed by atoms with Crippen molar-refractivity contribution in [3.8, 4) is 11.5 Å². The normalized spacial score (nSPS) is 20.0. The summed E-state index contributed by atoms with van der Waals surface area (Å²) >= 11 is 0. The van der Waals surface area contributed by atoms with Crippen molar-refractivity contribution in [3.05, 3.63) is 59.2 Å². The van der Waals surface area contributed by atoms with E-state index in [0.717, 1.165) is 5.56 Å². The van der Waals surface area contributed by atoms with Gasteiger partial charge in [-0.25, -0.2) is 0 Å². The summed E-state index contributed by atoms with van der Waals surface area (Å²) in [6.45, 7) is 5.53. The second kappa shape index (κ2) is 7.10. The molecule has 2 heterocycles. The van der Waals surface area contributed by atoms with Crippen LogP contribution in [0.2, 0.25) is 0 Å². The Balaban J connectivity index is 1.68. The quantitative estimate of drug-likeness (QED) is 0.803. The van der Waals surface area contributed by atoms with Gasteiger partial charge in [0.05, 0.1) is 20.3 Å². The van der Waals surface area contributed by atoms with E-state index in [9.17, 15) is 9.59 Å². The maximum atomic E-state index is 13.2. The van der Waals surface area contributed by atoms with E-state index in [2.05, 4.69) is 26.0 Å². The van der Waals surface area contributed by atoms with Gasteiger partial charge in [-0.2, -0.15) is 0 Å². The predicted molar refractivity (Wildman–Crippen MR) is 109 cm³/mol. The topological polar surface area (TPSA) is 59.1 Å². The Morgan fingerprint density at radius 3 is 2.38 bits per heavy atom. The first-order chi connectivity index (χ1) is 13.8. The number of rotatable bonds is 3. The lowest BCUT2D eigenvalue weighted by atomic mass is 9.75. The van der Waals surface area contributed by atoms with Crippen LogP contribution in [-0.4, -0.2) is 55.5 Å². The highest BCUT2D eigenvalue weighted by molar-refractivity contribution is 5.98. The lowest BCUT2D eigenvalue weighted by Crippen LogP contribution is -2.58. The maximum Gasteiger partial charge on any atom is 0.254 e. The Bertz CT molecular complexity index is 947. The molecule has 0 radical (unpaired) electrons. The molecule has 0 saturated carbocycles. The van der Waals surface area contributed by atoms with E-state index in [0.29, 0.717) is 30.2 Å². The molecule has 1 fully saturated rings. The largest absolute Gasteiger partial charge is 0.497 e. The molecule has 29 heavy (non-hydrogen) atoms. The van der Waals surface area contributed by atoms with Crippen molar-refractivity contribution in [2.24, 2.45) is 0 Å². The van der Waals surface area contributed by atoms with Crippen molar-refractivity contribution in [3.63, 3.8) is 0 Å². The molecule has 2 aliphatic rings. The molecule has 0 spiro atoms. The summed E-state index contributed by atoms with van der Waals surface area (Å²) in [5, 5.41) is 0. The minimum absolute atomic E-state index is 0.0213. The second-order valence-corrected chi connectivity index (χ2v) is 8.30. The molecule has 6 heteroatoms. The van der Waals surface area contributed by atoms with Gasteiger partial charge in [-0.15, -0.1) is 0 Å². The van der Waals surface area contributed by atoms with Gasteiger partial charge < -0.3 is 19.3 Å². The van der Waals surface area contributed by atoms with Crippen LogP contribution < -0.4 is 9.47 Å². The number of hydrogen-bond donors (Lipinski definition) is 0. The number of methoxy groups -OCH3 is 2. The van der Waals surface area contributed by atoms with E-state index in [1.807, 2.05) is 17.0 Å². The summed E-state index contributed by atoms with van der Waals surface area (Å²) in [5.41, 5.74) is 2.70. The van der Waals surface area contributed by atoms with Crippen molar-refractivity contribution < 1.29 is 19.1 Å². The number of fused-ring (bicyclic) bond motifs is 3. The molecule has 1 atom stereocenters. The van der Waals surface area contributed by atoms with Gasteiger partial charge in [-0.3, -0.25) is 9.59 Å². The summed E-state index contributed by atoms with van der Waals surface area (Å²) in [6.07, 6.45) is 0. The molecule has 2 aromatic rings. The van der Waals surface area contributed by atoms with Gasteiger partial charge in [0.1, 0.15) is 18.0 Å². The van der Waals surface area contributed by atoms with Crippen molar-refractivity contribution >= 4 is 11.8 Å². The fourth-order valence-electron chi connectivity index (χ4n) is 4.45. The van der Waals surface area contributed by atoms with E-state index in [1.54, 1.807) is 37.3 Å². The Morgan fingerprint density at radius 2 is 1.72 bits per heavy atom. The fraction of sp³-hybridized carbons (Fsp3) is 0.391. The summed E-state index contributed by atoms with van der Waals surface area (Å²) in [6, 6.07) is 13.2. The third-order valence-electron chi connectivity index (χ3n) is 5.92. The number of amides is 2. The highest BCUT2D eigenvalue weighted by Gasteiger charge is 2.44. The summed E-state index contributed by atoms with van der Waals surface area (Å²) in [5.74, 6) is 0.870. The van der Waals surface area contributed by atoms with Crippen molar-refractivity contribution in [2.45, 2.75) is 25.3 Å². The monoisotopic (exact) mass is 394 g/mol. The number of nitrogens with zero attached hydrogens (tertiary/aromatic N) is 2. The summed E-state index contributed by atoms with van der Waals surface area (Å²) in [7, 11) is 3.10. The van der Waals surface area contributed by atoms with Gasteiger partial charge in [-0.05, 0) is 23.3 Å². The molecule has 0 N–H and O–H groups in total. The van der Waals surface area contributed by atoms with Crippen LogP contribution in [0.3, 0.4) is 0 Å². The van der Waals surface area contributed by atoms with Gasteiger partial charge in [0, 0.05) is 30.1 Å². The molecule has 0 aromatic heterocycles. The smallest absolute Gasteiger partial charge is 0.254 e. The van der Waals surface area contributed by atoms with E-state index in [4.69, 9.17) is 9.47 Å². The highest BCUT2D eigenvalue weighted by Crippen LogP contribution is 2.41. The zero-order valence-electron chi connectivity index (χ0n) is 17.3. The fourth-order valence-corrected chi connectivity index (χ4v) is 4.45. The number of carbonyl (C=O) groups is 2. The molecule has 2 aliphatic heterocycles. The number of carbonyl (C=O) groups excluding carboxylic acids is 2. The van der Waals surface area contributed by atoms with Crippen LogP contribution in [0.5, 0.6) is 11.5 Å². The van der Waals surface area contributed by atoms with Gasteiger partial charge in [-0.1, -0.05) is 38.1 Å². The molecule has 2 amide bonds. The van der Waals surface area contributed by atoms with Crippen LogP contribution in [0.15, 0.2) is 42.5 Å². The van der Waals surface area contributed by atoms with Gasteiger partial charge in [0.2, 0.25) is 5.91 Å². The molecule has 152 valence electrons. The van der Waals surface area contributed by atoms with Crippen LogP contribution in [-0.2, 0) is 10.2 Å². The third kappa shape index (κ3) is 3.33. The highest BCUT2D eigenvalue weighted by atomic mass is 16.5. The lowest BCUT2D eigenvalue weighted by molar-refractivity contribution is -0.140. The zero-order valence-corrected chi connectivity index (χ0v) is 17.3. The first kappa shape index (κ1) is 19.3. The lowest BCUT2D eigenvalue weighted by Gasteiger charge is -2.49. The molecule has 6 nitrogen and oxygen atoms in total. The predicted octanol–water partition coefficient (Wildman–Crippen LogP) is 3.02. The van der Waals surface area contributed by atoms with Crippen molar-refractivity contribution in [2.75, 3.05) is 33.9 Å². The molecular weight excluding hydrogens is 368 g/mol. The van der Waals surface area contributed by atoms with E-state index < -0.39 is 0 Å². The average Bonchev–Trinajstić information content (AvgIpc) is 2.73. The number of hydrogen-bond acceptors (Lipinski definition) is 4. The van der Waals surface area contributed by atoms with E-state index in [-0.39, 0.29) is 29.8 Å². The number of benzene rings is 2. The molecule has 0 bridgehead atoms. The van der Waals surface area contributed by atoms with Crippen molar-refractivity contribution in [1.29, 1.82) is 0 Å². The van der Waals surface area contributed by atoms with Crippen LogP contribution in [0, 0.1) is 0 Å². The summed E-state index contributed by atoms with van der Waals surface area (Å²) < 4.78 is 10.6. The number of ether oxygens (including phenoxy) is 2. The average molecular weight is 394 g/mol. The van der Waals surface area contributed by atoms with E-state index in [1.165, 1.54) is 5.56 Å². The molecular formula is C23H26N2O4. The minimum Gasteiger partial charge on any atom is -0.497 e. The Hall–Kier alpha value is -3.02. The first-order valence-electron chi connectivity index (χ1n) is 9.75. The van der Waals surface area contributed by atoms with Gasteiger partial charge in [0.15, 0.2) is 0 Å². The second-order valence-electron chi connectivity index (χ2n) is 8.30.